The van der Waals surface area contributed by atoms with Gasteiger partial charge in [0.1, 0.15) is 18.5 Å². The van der Waals surface area contributed by atoms with Crippen LogP contribution >= 0.6 is 0 Å². The molecule has 138 valence electrons. The molecule has 1 atom stereocenters. The van der Waals surface area contributed by atoms with E-state index < -0.39 is 18.0 Å². The van der Waals surface area contributed by atoms with Crippen LogP contribution in [-0.2, 0) is 0 Å². The number of aromatic carboxylic acids is 1. The number of rotatable bonds is 7. The van der Waals surface area contributed by atoms with Gasteiger partial charge in [0.15, 0.2) is 0 Å². The van der Waals surface area contributed by atoms with Crippen molar-refractivity contribution in [3.8, 4) is 5.75 Å². The van der Waals surface area contributed by atoms with Gasteiger partial charge in [-0.15, -0.1) is 0 Å². The van der Waals surface area contributed by atoms with E-state index in [1.807, 2.05) is 42.5 Å². The van der Waals surface area contributed by atoms with Gasteiger partial charge in [-0.25, -0.2) is 0 Å². The number of carboxylic acids is 1. The molecule has 0 spiro atoms. The number of ether oxygens (including phenoxy) is 1. The Bertz CT molecular complexity index is 969. The van der Waals surface area contributed by atoms with Crippen LogP contribution in [-0.4, -0.2) is 36.2 Å². The van der Waals surface area contributed by atoms with Gasteiger partial charge in [-0.05, 0) is 29.0 Å². The highest BCUT2D eigenvalue weighted by Crippen LogP contribution is 2.20. The van der Waals surface area contributed by atoms with Gasteiger partial charge in [0.05, 0.1) is 5.97 Å². The summed E-state index contributed by atoms with van der Waals surface area (Å²) >= 11 is 0. The number of carbonyl (C=O) groups is 2. The molecule has 0 radical (unpaired) electrons. The molecule has 0 saturated heterocycles. The molecule has 0 aliphatic rings. The highest BCUT2D eigenvalue weighted by atomic mass is 16.5. The maximum absolute atomic E-state index is 12.1. The molecule has 27 heavy (non-hydrogen) atoms. The fraction of sp³-hybridized carbons (Fsp3) is 0.143. The fourth-order valence-electron chi connectivity index (χ4n) is 2.67. The number of benzene rings is 3. The molecule has 0 fully saturated rings. The molecule has 0 aromatic heterocycles. The summed E-state index contributed by atoms with van der Waals surface area (Å²) in [7, 11) is 0. The van der Waals surface area contributed by atoms with E-state index in [-0.39, 0.29) is 24.3 Å². The molecule has 0 bridgehead atoms. The largest absolute Gasteiger partial charge is 0.545 e. The van der Waals surface area contributed by atoms with Crippen molar-refractivity contribution in [2.75, 3.05) is 13.2 Å². The van der Waals surface area contributed by atoms with E-state index >= 15 is 0 Å². The van der Waals surface area contributed by atoms with Gasteiger partial charge in [-0.1, -0.05) is 48.5 Å². The first kappa shape index (κ1) is 18.4. The van der Waals surface area contributed by atoms with Gasteiger partial charge in [0.2, 0.25) is 0 Å². The topological polar surface area (TPSA) is 98.7 Å². The second-order valence-electron chi connectivity index (χ2n) is 6.02. The first-order chi connectivity index (χ1) is 13.0. The van der Waals surface area contributed by atoms with Gasteiger partial charge in [0.25, 0.3) is 5.91 Å². The first-order valence-electron chi connectivity index (χ1n) is 8.43. The van der Waals surface area contributed by atoms with Gasteiger partial charge in [0, 0.05) is 17.7 Å². The predicted octanol–water partition coefficient (Wildman–Crippen LogP) is 1.37. The van der Waals surface area contributed by atoms with Crippen LogP contribution in [0.1, 0.15) is 20.7 Å². The third kappa shape index (κ3) is 4.62. The highest BCUT2D eigenvalue weighted by Gasteiger charge is 2.13. The Morgan fingerprint density at radius 1 is 0.963 bits per heavy atom. The van der Waals surface area contributed by atoms with Crippen molar-refractivity contribution >= 4 is 22.6 Å². The van der Waals surface area contributed by atoms with Crippen LogP contribution < -0.4 is 15.2 Å². The minimum Gasteiger partial charge on any atom is -0.545 e. The van der Waals surface area contributed by atoms with Gasteiger partial charge in [-0.3, -0.25) is 4.79 Å². The Labute approximate surface area is 156 Å². The predicted molar refractivity (Wildman–Crippen MR) is 98.6 cm³/mol. The van der Waals surface area contributed by atoms with Crippen LogP contribution in [0.4, 0.5) is 0 Å². The summed E-state index contributed by atoms with van der Waals surface area (Å²) in [5, 5.41) is 25.7. The lowest BCUT2D eigenvalue weighted by molar-refractivity contribution is -0.255. The van der Waals surface area contributed by atoms with E-state index in [0.29, 0.717) is 5.75 Å². The Morgan fingerprint density at radius 2 is 1.63 bits per heavy atom. The average molecular weight is 364 g/mol. The van der Waals surface area contributed by atoms with Crippen molar-refractivity contribution in [1.82, 2.24) is 5.32 Å². The van der Waals surface area contributed by atoms with E-state index in [1.165, 1.54) is 18.2 Å². The fourth-order valence-corrected chi connectivity index (χ4v) is 2.67. The maximum atomic E-state index is 12.1. The van der Waals surface area contributed by atoms with Crippen LogP contribution in [0, 0.1) is 0 Å². The number of hydrogen-bond acceptors (Lipinski definition) is 5. The lowest BCUT2D eigenvalue weighted by Gasteiger charge is -2.15. The lowest BCUT2D eigenvalue weighted by Crippen LogP contribution is -2.36. The lowest BCUT2D eigenvalue weighted by atomic mass is 10.1. The Morgan fingerprint density at radius 3 is 2.37 bits per heavy atom. The van der Waals surface area contributed by atoms with Crippen molar-refractivity contribution in [3.63, 3.8) is 0 Å². The van der Waals surface area contributed by atoms with Gasteiger partial charge in [-0.2, -0.15) is 0 Å². The second-order valence-corrected chi connectivity index (χ2v) is 6.02. The van der Waals surface area contributed by atoms with Crippen molar-refractivity contribution in [3.05, 3.63) is 77.9 Å². The average Bonchev–Trinajstić information content (AvgIpc) is 2.70. The van der Waals surface area contributed by atoms with E-state index in [9.17, 15) is 19.8 Å². The summed E-state index contributed by atoms with van der Waals surface area (Å²) in [5.74, 6) is -1.41. The summed E-state index contributed by atoms with van der Waals surface area (Å²) in [6.07, 6.45) is -0.949. The molecule has 0 aliphatic heterocycles. The summed E-state index contributed by atoms with van der Waals surface area (Å²) in [5.41, 5.74) is -0.211. The monoisotopic (exact) mass is 364 g/mol. The molecule has 2 N–H and O–H groups in total. The Kier molecular flexibility index (Phi) is 5.68. The maximum Gasteiger partial charge on any atom is 0.252 e. The summed E-state index contributed by atoms with van der Waals surface area (Å²) in [4.78, 5) is 23.2. The van der Waals surface area contributed by atoms with Crippen LogP contribution in [0.5, 0.6) is 5.75 Å². The Hall–Kier alpha value is -3.38. The number of amides is 1. The van der Waals surface area contributed by atoms with Crippen LogP contribution in [0.2, 0.25) is 0 Å². The van der Waals surface area contributed by atoms with Crippen molar-refractivity contribution < 1.29 is 24.5 Å². The first-order valence-corrected chi connectivity index (χ1v) is 8.43. The minimum atomic E-state index is -1.43. The number of aliphatic hydroxyl groups excluding tert-OH is 1. The number of carbonyl (C=O) groups excluding carboxylic acids is 2. The van der Waals surface area contributed by atoms with Crippen LogP contribution in [0.3, 0.4) is 0 Å². The molecule has 6 heteroatoms. The third-order valence-corrected chi connectivity index (χ3v) is 4.05. The second kappa shape index (κ2) is 8.33. The molecular weight excluding hydrogens is 346 g/mol. The van der Waals surface area contributed by atoms with E-state index in [0.717, 1.165) is 10.8 Å². The third-order valence-electron chi connectivity index (χ3n) is 4.05. The quantitative estimate of drug-likeness (QED) is 0.660. The summed E-state index contributed by atoms with van der Waals surface area (Å²) in [6, 6.07) is 19.2. The molecule has 6 nitrogen and oxygen atoms in total. The van der Waals surface area contributed by atoms with Gasteiger partial charge < -0.3 is 25.1 Å². The highest BCUT2D eigenvalue weighted by molar-refractivity contribution is 6.04. The zero-order valence-corrected chi connectivity index (χ0v) is 14.4. The minimum absolute atomic E-state index is 0.0131. The normalized spacial score (nSPS) is 11.7. The molecule has 3 rings (SSSR count). The number of nitrogens with one attached hydrogen (secondary N) is 1. The Balaban J connectivity index is 1.54. The molecule has 3 aromatic carbocycles. The molecular formula is C21H18NO5-. The number of aliphatic hydroxyl groups is 1. The summed E-state index contributed by atoms with van der Waals surface area (Å²) < 4.78 is 5.57. The SMILES string of the molecule is O=C([O-])c1ccccc1C(=O)NC[C@H](O)COc1ccc2ccccc2c1. The van der Waals surface area contributed by atoms with E-state index in [1.54, 1.807) is 6.07 Å². The smallest absolute Gasteiger partial charge is 0.252 e. The molecule has 3 aromatic rings. The van der Waals surface area contributed by atoms with Crippen LogP contribution in [0.15, 0.2) is 66.7 Å². The zero-order chi connectivity index (χ0) is 19.2. The van der Waals surface area contributed by atoms with E-state index in [2.05, 4.69) is 5.32 Å². The van der Waals surface area contributed by atoms with E-state index in [4.69, 9.17) is 4.74 Å². The van der Waals surface area contributed by atoms with Gasteiger partial charge >= 0.3 is 0 Å². The number of carboxylic acid groups (broad SMARTS) is 1. The molecule has 0 saturated carbocycles. The molecule has 0 unspecified atom stereocenters. The van der Waals surface area contributed by atoms with Crippen molar-refractivity contribution in [2.24, 2.45) is 0 Å². The molecule has 0 aliphatic carbocycles. The summed E-state index contributed by atoms with van der Waals surface area (Å²) in [6.45, 7) is -0.0887. The molecule has 0 heterocycles. The number of hydrogen-bond donors (Lipinski definition) is 2. The van der Waals surface area contributed by atoms with Crippen molar-refractivity contribution in [1.29, 1.82) is 0 Å². The molecule has 1 amide bonds. The van der Waals surface area contributed by atoms with Crippen LogP contribution in [0.25, 0.3) is 10.8 Å². The van der Waals surface area contributed by atoms with Crippen molar-refractivity contribution in [2.45, 2.75) is 6.10 Å². The number of fused-ring (bicyclic) bond motifs is 1. The standard InChI is InChI=1S/C21H19NO5/c23-16(12-22-20(24)18-7-3-4-8-19(18)21(25)26)13-27-17-10-9-14-5-1-2-6-15(14)11-17/h1-11,16,23H,12-13H2,(H,22,24)(H,25,26)/p-1/t16-/m0/s1. The zero-order valence-electron chi connectivity index (χ0n) is 14.4.